The van der Waals surface area contributed by atoms with Gasteiger partial charge in [-0.3, -0.25) is 4.99 Å². The lowest BCUT2D eigenvalue weighted by molar-refractivity contribution is 0.355. The number of amidine groups is 1. The number of nitrogens with zero attached hydrogens (tertiary/aromatic N) is 5. The Hall–Kier alpha value is -3.02. The van der Waals surface area contributed by atoms with Gasteiger partial charge in [-0.15, -0.1) is 10.2 Å². The van der Waals surface area contributed by atoms with E-state index in [1.165, 1.54) is 5.56 Å². The molecular formula is C19H20N6. The molecule has 0 spiro atoms. The number of H-pyrrole nitrogens is 1. The average Bonchev–Trinajstić information content (AvgIpc) is 3.28. The SMILES string of the molecule is CC1=NCC(C)N1Cc1ccc(-c2ccccc2-c2nn[nH]n2)cc1. The van der Waals surface area contributed by atoms with Crippen molar-refractivity contribution in [3.05, 3.63) is 54.1 Å². The first kappa shape index (κ1) is 15.5. The van der Waals surface area contributed by atoms with Crippen LogP contribution in [0.3, 0.4) is 0 Å². The molecule has 1 aromatic heterocycles. The Balaban J connectivity index is 1.60. The van der Waals surface area contributed by atoms with Gasteiger partial charge in [0.25, 0.3) is 0 Å². The third-order valence-electron chi connectivity index (χ3n) is 4.66. The number of aliphatic imine (C=N–C) groups is 1. The van der Waals surface area contributed by atoms with Gasteiger partial charge in [-0.25, -0.2) is 0 Å². The van der Waals surface area contributed by atoms with Crippen LogP contribution in [0, 0.1) is 0 Å². The molecule has 2 heterocycles. The number of tetrazole rings is 1. The van der Waals surface area contributed by atoms with Crippen molar-refractivity contribution in [2.24, 2.45) is 4.99 Å². The number of rotatable bonds is 4. The molecule has 4 rings (SSSR count). The molecule has 25 heavy (non-hydrogen) atoms. The molecule has 1 unspecified atom stereocenters. The normalized spacial score (nSPS) is 17.0. The quantitative estimate of drug-likeness (QED) is 0.797. The van der Waals surface area contributed by atoms with Gasteiger partial charge in [0.2, 0.25) is 5.82 Å². The molecule has 0 saturated heterocycles. The van der Waals surface area contributed by atoms with Crippen LogP contribution in [0.25, 0.3) is 22.5 Å². The molecule has 126 valence electrons. The van der Waals surface area contributed by atoms with Gasteiger partial charge in [-0.1, -0.05) is 48.5 Å². The Bertz CT molecular complexity index is 883. The lowest BCUT2D eigenvalue weighted by atomic mass is 9.98. The van der Waals surface area contributed by atoms with E-state index in [9.17, 15) is 0 Å². The number of aromatic nitrogens is 4. The zero-order chi connectivity index (χ0) is 17.2. The molecule has 0 fully saturated rings. The van der Waals surface area contributed by atoms with E-state index in [0.29, 0.717) is 11.9 Å². The molecule has 3 aromatic rings. The molecule has 2 aromatic carbocycles. The van der Waals surface area contributed by atoms with Gasteiger partial charge in [-0.2, -0.15) is 5.21 Å². The standard InChI is InChI=1S/C19H20N6/c1-13-11-20-14(2)25(13)12-15-7-9-16(10-8-15)17-5-3-4-6-18(17)19-21-23-24-22-19/h3-10,13H,11-12H2,1-2H3,(H,21,22,23,24). The van der Waals surface area contributed by atoms with Crippen molar-refractivity contribution in [1.82, 2.24) is 25.5 Å². The lowest BCUT2D eigenvalue weighted by Gasteiger charge is -2.24. The van der Waals surface area contributed by atoms with Gasteiger partial charge in [0, 0.05) is 18.2 Å². The van der Waals surface area contributed by atoms with Crippen LogP contribution in [-0.2, 0) is 6.54 Å². The maximum Gasteiger partial charge on any atom is 0.205 e. The highest BCUT2D eigenvalue weighted by Crippen LogP contribution is 2.30. The van der Waals surface area contributed by atoms with Crippen molar-refractivity contribution in [1.29, 1.82) is 0 Å². The van der Waals surface area contributed by atoms with Crippen molar-refractivity contribution < 1.29 is 0 Å². The molecule has 1 N–H and O–H groups in total. The van der Waals surface area contributed by atoms with E-state index in [-0.39, 0.29) is 0 Å². The van der Waals surface area contributed by atoms with Gasteiger partial charge in [0.1, 0.15) is 0 Å². The van der Waals surface area contributed by atoms with E-state index in [1.54, 1.807) is 0 Å². The summed E-state index contributed by atoms with van der Waals surface area (Å²) in [6, 6.07) is 17.3. The van der Waals surface area contributed by atoms with Crippen LogP contribution in [0.2, 0.25) is 0 Å². The molecule has 1 aliphatic heterocycles. The zero-order valence-electron chi connectivity index (χ0n) is 14.3. The fourth-order valence-electron chi connectivity index (χ4n) is 3.23. The summed E-state index contributed by atoms with van der Waals surface area (Å²) >= 11 is 0. The highest BCUT2D eigenvalue weighted by atomic mass is 15.5. The summed E-state index contributed by atoms with van der Waals surface area (Å²) in [5.74, 6) is 1.73. The smallest absolute Gasteiger partial charge is 0.205 e. The minimum atomic E-state index is 0.471. The summed E-state index contributed by atoms with van der Waals surface area (Å²) in [4.78, 5) is 6.87. The molecule has 0 aliphatic carbocycles. The predicted octanol–water partition coefficient (Wildman–Crippen LogP) is 3.16. The Labute approximate surface area is 146 Å². The van der Waals surface area contributed by atoms with E-state index in [1.807, 2.05) is 18.2 Å². The van der Waals surface area contributed by atoms with Gasteiger partial charge in [-0.05, 0) is 35.8 Å². The molecule has 0 saturated carbocycles. The molecule has 0 bridgehead atoms. The lowest BCUT2D eigenvalue weighted by Crippen LogP contribution is -2.32. The highest BCUT2D eigenvalue weighted by Gasteiger charge is 2.20. The van der Waals surface area contributed by atoms with Crippen LogP contribution >= 0.6 is 0 Å². The number of hydrogen-bond acceptors (Lipinski definition) is 5. The molecule has 1 aliphatic rings. The van der Waals surface area contributed by atoms with Crippen LogP contribution in [0.4, 0.5) is 0 Å². The van der Waals surface area contributed by atoms with E-state index in [0.717, 1.165) is 35.6 Å². The molecule has 0 amide bonds. The average molecular weight is 332 g/mol. The summed E-state index contributed by atoms with van der Waals surface area (Å²) in [6.45, 7) is 6.08. The predicted molar refractivity (Wildman–Crippen MR) is 98.0 cm³/mol. The third-order valence-corrected chi connectivity index (χ3v) is 4.66. The second-order valence-corrected chi connectivity index (χ2v) is 6.34. The molecule has 6 heteroatoms. The Morgan fingerprint density at radius 2 is 1.84 bits per heavy atom. The van der Waals surface area contributed by atoms with E-state index in [4.69, 9.17) is 0 Å². The molecular weight excluding hydrogens is 312 g/mol. The van der Waals surface area contributed by atoms with Crippen molar-refractivity contribution in [3.63, 3.8) is 0 Å². The van der Waals surface area contributed by atoms with Crippen molar-refractivity contribution >= 4 is 5.84 Å². The van der Waals surface area contributed by atoms with Gasteiger partial charge >= 0.3 is 0 Å². The van der Waals surface area contributed by atoms with Crippen molar-refractivity contribution in [3.8, 4) is 22.5 Å². The summed E-state index contributed by atoms with van der Waals surface area (Å²) < 4.78 is 0. The van der Waals surface area contributed by atoms with Crippen LogP contribution < -0.4 is 0 Å². The van der Waals surface area contributed by atoms with E-state index < -0.39 is 0 Å². The number of benzene rings is 2. The Kier molecular flexibility index (Phi) is 4.01. The minimum Gasteiger partial charge on any atom is -0.352 e. The second-order valence-electron chi connectivity index (χ2n) is 6.34. The van der Waals surface area contributed by atoms with Crippen LogP contribution in [-0.4, -0.2) is 43.9 Å². The van der Waals surface area contributed by atoms with Gasteiger partial charge in [0.15, 0.2) is 0 Å². The largest absolute Gasteiger partial charge is 0.352 e. The van der Waals surface area contributed by atoms with Crippen LogP contribution in [0.5, 0.6) is 0 Å². The maximum absolute atomic E-state index is 4.52. The summed E-state index contributed by atoms with van der Waals surface area (Å²) in [5.41, 5.74) is 4.50. The van der Waals surface area contributed by atoms with Crippen molar-refractivity contribution in [2.45, 2.75) is 26.4 Å². The van der Waals surface area contributed by atoms with Gasteiger partial charge < -0.3 is 4.90 Å². The fraction of sp³-hybridized carbons (Fsp3) is 0.263. The molecule has 0 radical (unpaired) electrons. The Morgan fingerprint density at radius 1 is 1.08 bits per heavy atom. The minimum absolute atomic E-state index is 0.471. The summed E-state index contributed by atoms with van der Waals surface area (Å²) in [5, 5.41) is 14.4. The number of aromatic amines is 1. The topological polar surface area (TPSA) is 70.1 Å². The van der Waals surface area contributed by atoms with E-state index in [2.05, 4.69) is 74.7 Å². The maximum atomic E-state index is 4.52. The first-order chi connectivity index (χ1) is 12.2. The number of nitrogens with one attached hydrogen (secondary N) is 1. The first-order valence-electron chi connectivity index (χ1n) is 8.42. The molecule has 1 atom stereocenters. The summed E-state index contributed by atoms with van der Waals surface area (Å²) in [6.07, 6.45) is 0. The number of hydrogen-bond donors (Lipinski definition) is 1. The molecule has 6 nitrogen and oxygen atoms in total. The van der Waals surface area contributed by atoms with Crippen LogP contribution in [0.1, 0.15) is 19.4 Å². The monoisotopic (exact) mass is 332 g/mol. The third kappa shape index (κ3) is 3.03. The fourth-order valence-corrected chi connectivity index (χ4v) is 3.23. The van der Waals surface area contributed by atoms with Crippen LogP contribution in [0.15, 0.2) is 53.5 Å². The summed E-state index contributed by atoms with van der Waals surface area (Å²) in [7, 11) is 0. The first-order valence-corrected chi connectivity index (χ1v) is 8.42. The second kappa shape index (κ2) is 6.47. The Morgan fingerprint density at radius 3 is 2.48 bits per heavy atom. The highest BCUT2D eigenvalue weighted by molar-refractivity contribution is 5.82. The van der Waals surface area contributed by atoms with E-state index >= 15 is 0 Å². The van der Waals surface area contributed by atoms with Gasteiger partial charge in [0.05, 0.1) is 12.4 Å². The zero-order valence-corrected chi connectivity index (χ0v) is 14.3. The van der Waals surface area contributed by atoms with Crippen molar-refractivity contribution in [2.75, 3.05) is 6.54 Å².